The van der Waals surface area contributed by atoms with E-state index in [1.807, 2.05) is 0 Å². The van der Waals surface area contributed by atoms with Gasteiger partial charge in [-0.05, 0) is 48.9 Å². The summed E-state index contributed by atoms with van der Waals surface area (Å²) in [7, 11) is -3.11. The van der Waals surface area contributed by atoms with Crippen molar-refractivity contribution in [3.8, 4) is 17.2 Å². The van der Waals surface area contributed by atoms with Gasteiger partial charge >= 0.3 is 19.7 Å². The molecule has 32 heavy (non-hydrogen) atoms. The molecule has 2 aromatic carbocycles. The van der Waals surface area contributed by atoms with E-state index in [0.29, 0.717) is 31.7 Å². The van der Waals surface area contributed by atoms with Crippen molar-refractivity contribution in [2.75, 3.05) is 26.2 Å². The second-order valence-electron chi connectivity index (χ2n) is 7.25. The maximum atomic E-state index is 13.2. The standard InChI is InChI=1S/C19H19F3N3O6P/c1-13(31-32(28,23-8-9-23)24-10-11-24)14-2-7-17(25(26)27)18(12-14)29-15-3-5-16(6-4-15)30-19(20,21)22/h2-7,12-13H,8-11H2,1H3. The largest absolute Gasteiger partial charge is 0.573 e. The molecule has 0 aromatic heterocycles. The molecule has 2 fully saturated rings. The molecular weight excluding hydrogens is 454 g/mol. The molecule has 0 aliphatic carbocycles. The number of alkyl halides is 3. The van der Waals surface area contributed by atoms with Crippen molar-refractivity contribution in [1.82, 2.24) is 9.34 Å². The molecule has 1 unspecified atom stereocenters. The maximum Gasteiger partial charge on any atom is 0.573 e. The molecule has 13 heteroatoms. The first-order valence-corrected chi connectivity index (χ1v) is 11.2. The minimum atomic E-state index is -4.83. The van der Waals surface area contributed by atoms with Gasteiger partial charge in [0.05, 0.1) is 11.0 Å². The summed E-state index contributed by atoms with van der Waals surface area (Å²) in [5.74, 6) is -0.496. The van der Waals surface area contributed by atoms with Crippen LogP contribution in [-0.4, -0.2) is 46.8 Å². The Kier molecular flexibility index (Phi) is 5.89. The lowest BCUT2D eigenvalue weighted by Crippen LogP contribution is -2.16. The summed E-state index contributed by atoms with van der Waals surface area (Å²) in [6.45, 7) is 4.42. The molecule has 2 aliphatic heterocycles. The number of nitrogens with zero attached hydrogens (tertiary/aromatic N) is 3. The molecule has 9 nitrogen and oxygen atoms in total. The minimum absolute atomic E-state index is 0.0761. The smallest absolute Gasteiger partial charge is 0.450 e. The minimum Gasteiger partial charge on any atom is -0.450 e. The summed E-state index contributed by atoms with van der Waals surface area (Å²) >= 11 is 0. The molecule has 1 atom stereocenters. The first-order chi connectivity index (χ1) is 15.0. The van der Waals surface area contributed by atoms with Crippen LogP contribution < -0.4 is 9.47 Å². The second kappa shape index (κ2) is 8.36. The quantitative estimate of drug-likeness (QED) is 0.215. The molecule has 2 heterocycles. The number of nitro benzene ring substituents is 1. The zero-order valence-corrected chi connectivity index (χ0v) is 17.7. The van der Waals surface area contributed by atoms with Crippen molar-refractivity contribution in [1.29, 1.82) is 0 Å². The summed E-state index contributed by atoms with van der Waals surface area (Å²) in [5, 5.41) is 11.4. The van der Waals surface area contributed by atoms with Gasteiger partial charge in [-0.1, -0.05) is 0 Å². The Bertz CT molecular complexity index is 1040. The summed E-state index contributed by atoms with van der Waals surface area (Å²) in [5.41, 5.74) is 0.170. The molecule has 0 amide bonds. The highest BCUT2D eigenvalue weighted by Crippen LogP contribution is 2.63. The molecule has 2 aliphatic rings. The summed E-state index contributed by atoms with van der Waals surface area (Å²) < 4.78 is 68.9. The van der Waals surface area contributed by atoms with Crippen molar-refractivity contribution in [2.45, 2.75) is 19.4 Å². The first kappa shape index (κ1) is 22.5. The average molecular weight is 473 g/mol. The Hall–Kier alpha value is -2.66. The van der Waals surface area contributed by atoms with Crippen LogP contribution in [0.2, 0.25) is 0 Å². The van der Waals surface area contributed by atoms with Crippen LogP contribution in [0.15, 0.2) is 42.5 Å². The summed E-state index contributed by atoms with van der Waals surface area (Å²) in [6, 6.07) is 8.61. The Morgan fingerprint density at radius 3 is 2.09 bits per heavy atom. The fraction of sp³-hybridized carbons (Fsp3) is 0.368. The Morgan fingerprint density at radius 2 is 1.59 bits per heavy atom. The third kappa shape index (κ3) is 5.21. The molecule has 4 rings (SSSR count). The van der Waals surface area contributed by atoms with Gasteiger partial charge in [0.1, 0.15) is 11.5 Å². The molecule has 0 spiro atoms. The van der Waals surface area contributed by atoms with Crippen molar-refractivity contribution in [3.05, 3.63) is 58.1 Å². The van der Waals surface area contributed by atoms with Gasteiger partial charge in [0, 0.05) is 32.2 Å². The number of nitro groups is 1. The van der Waals surface area contributed by atoms with Crippen LogP contribution in [0.5, 0.6) is 17.2 Å². The van der Waals surface area contributed by atoms with Gasteiger partial charge in [0.2, 0.25) is 5.75 Å². The summed E-state index contributed by atoms with van der Waals surface area (Å²) in [4.78, 5) is 10.8. The van der Waals surface area contributed by atoms with E-state index >= 15 is 0 Å². The van der Waals surface area contributed by atoms with E-state index in [4.69, 9.17) is 9.26 Å². The Balaban J connectivity index is 1.54. The highest BCUT2D eigenvalue weighted by molar-refractivity contribution is 7.54. The van der Waals surface area contributed by atoms with E-state index in [9.17, 15) is 27.9 Å². The topological polar surface area (TPSA) is 93.9 Å². The lowest BCUT2D eigenvalue weighted by atomic mass is 10.1. The molecule has 0 bridgehead atoms. The summed E-state index contributed by atoms with van der Waals surface area (Å²) in [6.07, 6.45) is -5.48. The van der Waals surface area contributed by atoms with Crippen LogP contribution >= 0.6 is 7.67 Å². The van der Waals surface area contributed by atoms with Crippen LogP contribution in [0.1, 0.15) is 18.6 Å². The van der Waals surface area contributed by atoms with Crippen LogP contribution in [-0.2, 0) is 9.09 Å². The van der Waals surface area contributed by atoms with Gasteiger partial charge in [-0.25, -0.2) is 9.34 Å². The predicted octanol–water partition coefficient (Wildman–Crippen LogP) is 5.10. The Labute approximate surface area is 181 Å². The van der Waals surface area contributed by atoms with Gasteiger partial charge in [-0.3, -0.25) is 19.2 Å². The van der Waals surface area contributed by atoms with E-state index < -0.39 is 30.8 Å². The van der Waals surface area contributed by atoms with Crippen molar-refractivity contribution in [2.24, 2.45) is 0 Å². The molecule has 0 N–H and O–H groups in total. The fourth-order valence-electron chi connectivity index (χ4n) is 3.03. The highest BCUT2D eigenvalue weighted by Gasteiger charge is 2.50. The Morgan fingerprint density at radius 1 is 1.03 bits per heavy atom. The van der Waals surface area contributed by atoms with Gasteiger partial charge < -0.3 is 9.47 Å². The highest BCUT2D eigenvalue weighted by atomic mass is 31.2. The lowest BCUT2D eigenvalue weighted by Gasteiger charge is -2.24. The third-order valence-electron chi connectivity index (χ3n) is 4.79. The number of hydrogen-bond donors (Lipinski definition) is 0. The zero-order chi connectivity index (χ0) is 23.1. The van der Waals surface area contributed by atoms with Gasteiger partial charge in [-0.15, -0.1) is 13.2 Å². The van der Waals surface area contributed by atoms with Crippen molar-refractivity contribution >= 4 is 13.4 Å². The molecular formula is C19H19F3N3O6P. The number of hydrogen-bond acceptors (Lipinski definition) is 6. The first-order valence-electron chi connectivity index (χ1n) is 9.66. The normalized spacial score (nSPS) is 17.6. The number of ether oxygens (including phenoxy) is 2. The van der Waals surface area contributed by atoms with E-state index in [0.717, 1.165) is 12.1 Å². The molecule has 0 radical (unpaired) electrons. The van der Waals surface area contributed by atoms with Crippen molar-refractivity contribution < 1.29 is 36.7 Å². The molecule has 172 valence electrons. The van der Waals surface area contributed by atoms with Crippen LogP contribution in [0.3, 0.4) is 0 Å². The second-order valence-corrected chi connectivity index (χ2v) is 9.57. The average Bonchev–Trinajstić information content (AvgIpc) is 3.60. The molecule has 2 saturated heterocycles. The number of rotatable bonds is 9. The van der Waals surface area contributed by atoms with Crippen LogP contribution in [0, 0.1) is 10.1 Å². The predicted molar refractivity (Wildman–Crippen MR) is 107 cm³/mol. The lowest BCUT2D eigenvalue weighted by molar-refractivity contribution is -0.385. The molecule has 0 saturated carbocycles. The number of benzene rings is 2. The van der Waals surface area contributed by atoms with Crippen LogP contribution in [0.4, 0.5) is 18.9 Å². The van der Waals surface area contributed by atoms with Crippen molar-refractivity contribution in [3.63, 3.8) is 0 Å². The fourth-order valence-corrected chi connectivity index (χ4v) is 5.37. The van der Waals surface area contributed by atoms with Gasteiger partial charge in [0.25, 0.3) is 0 Å². The SMILES string of the molecule is CC(OP(=O)(N1CC1)N1CC1)c1ccc([N+](=O)[O-])c(Oc2ccc(OC(F)(F)F)cc2)c1. The number of halogens is 3. The third-order valence-corrected chi connectivity index (χ3v) is 7.61. The van der Waals surface area contributed by atoms with E-state index in [-0.39, 0.29) is 17.2 Å². The van der Waals surface area contributed by atoms with E-state index in [2.05, 4.69) is 4.74 Å². The van der Waals surface area contributed by atoms with Crippen LogP contribution in [0.25, 0.3) is 0 Å². The zero-order valence-electron chi connectivity index (χ0n) is 16.8. The van der Waals surface area contributed by atoms with Gasteiger partial charge in [-0.2, -0.15) is 0 Å². The maximum absolute atomic E-state index is 13.2. The monoisotopic (exact) mass is 473 g/mol. The van der Waals surface area contributed by atoms with Gasteiger partial charge in [0.15, 0.2) is 0 Å². The van der Waals surface area contributed by atoms with E-state index in [1.54, 1.807) is 16.3 Å². The molecule has 2 aromatic rings. The van der Waals surface area contributed by atoms with E-state index in [1.165, 1.54) is 30.3 Å².